The number of hydrogen-bond donors (Lipinski definition) is 1. The van der Waals surface area contributed by atoms with Crippen molar-refractivity contribution in [3.63, 3.8) is 0 Å². The lowest BCUT2D eigenvalue weighted by Crippen LogP contribution is -2.38. The van der Waals surface area contributed by atoms with Gasteiger partial charge < -0.3 is 10.1 Å². The fourth-order valence-corrected chi connectivity index (χ4v) is 1.60. The number of halogens is 2. The summed E-state index contributed by atoms with van der Waals surface area (Å²) in [5.41, 5.74) is 0.254. The molecular weight excluding hydrogens is 301 g/mol. The number of rotatable bonds is 5. The standard InChI is InChI=1S/C14H17Cl2NO3/c1-8(2)9(3)17-13(18)7-20-14(19)10-4-5-11(15)12(16)6-10/h4-6,8-9H,7H2,1-3H3,(H,17,18). The van der Waals surface area contributed by atoms with Crippen LogP contribution in [0.3, 0.4) is 0 Å². The highest BCUT2D eigenvalue weighted by Crippen LogP contribution is 2.22. The zero-order chi connectivity index (χ0) is 15.3. The molecular formula is C14H17Cl2NO3. The second-order valence-corrected chi connectivity index (χ2v) is 5.62. The van der Waals surface area contributed by atoms with Crippen LogP contribution >= 0.6 is 23.2 Å². The molecule has 20 heavy (non-hydrogen) atoms. The maximum atomic E-state index is 11.7. The Balaban J connectivity index is 2.51. The van der Waals surface area contributed by atoms with Gasteiger partial charge in [-0.3, -0.25) is 4.79 Å². The fourth-order valence-electron chi connectivity index (χ4n) is 1.30. The third-order valence-electron chi connectivity index (χ3n) is 2.88. The average Bonchev–Trinajstić information content (AvgIpc) is 2.39. The molecule has 0 saturated carbocycles. The molecule has 0 spiro atoms. The number of ether oxygens (including phenoxy) is 1. The van der Waals surface area contributed by atoms with Gasteiger partial charge in [-0.1, -0.05) is 37.0 Å². The zero-order valence-electron chi connectivity index (χ0n) is 11.6. The number of hydrogen-bond acceptors (Lipinski definition) is 3. The van der Waals surface area contributed by atoms with E-state index >= 15 is 0 Å². The van der Waals surface area contributed by atoms with Crippen molar-refractivity contribution in [1.82, 2.24) is 5.32 Å². The lowest BCUT2D eigenvalue weighted by Gasteiger charge is -2.17. The minimum Gasteiger partial charge on any atom is -0.452 e. The molecule has 1 atom stereocenters. The van der Waals surface area contributed by atoms with Crippen LogP contribution in [0, 0.1) is 5.92 Å². The Labute approximate surface area is 128 Å². The Hall–Kier alpha value is -1.26. The maximum absolute atomic E-state index is 11.7. The number of amides is 1. The molecule has 0 fully saturated rings. The molecule has 1 amide bonds. The molecule has 6 heteroatoms. The predicted molar refractivity (Wildman–Crippen MR) is 79.2 cm³/mol. The molecule has 0 radical (unpaired) electrons. The van der Waals surface area contributed by atoms with E-state index in [9.17, 15) is 9.59 Å². The van der Waals surface area contributed by atoms with Crippen molar-refractivity contribution in [3.05, 3.63) is 33.8 Å². The first-order chi connectivity index (χ1) is 9.31. The first kappa shape index (κ1) is 16.8. The molecule has 1 N–H and O–H groups in total. The van der Waals surface area contributed by atoms with Crippen LogP contribution < -0.4 is 5.32 Å². The number of benzene rings is 1. The van der Waals surface area contributed by atoms with E-state index in [0.717, 1.165) is 0 Å². The highest BCUT2D eigenvalue weighted by Gasteiger charge is 2.14. The topological polar surface area (TPSA) is 55.4 Å². The van der Waals surface area contributed by atoms with Gasteiger partial charge in [-0.05, 0) is 31.0 Å². The van der Waals surface area contributed by atoms with Crippen molar-refractivity contribution in [3.8, 4) is 0 Å². The SMILES string of the molecule is CC(C)C(C)NC(=O)COC(=O)c1ccc(Cl)c(Cl)c1. The summed E-state index contributed by atoms with van der Waals surface area (Å²) in [5.74, 6) is -0.639. The van der Waals surface area contributed by atoms with E-state index in [4.69, 9.17) is 27.9 Å². The quantitative estimate of drug-likeness (QED) is 0.848. The first-order valence-electron chi connectivity index (χ1n) is 6.22. The zero-order valence-corrected chi connectivity index (χ0v) is 13.1. The Morgan fingerprint density at radius 2 is 1.85 bits per heavy atom. The van der Waals surface area contributed by atoms with Gasteiger partial charge in [0.05, 0.1) is 15.6 Å². The highest BCUT2D eigenvalue weighted by atomic mass is 35.5. The molecule has 4 nitrogen and oxygen atoms in total. The Morgan fingerprint density at radius 1 is 1.20 bits per heavy atom. The van der Waals surface area contributed by atoms with Gasteiger partial charge >= 0.3 is 5.97 Å². The lowest BCUT2D eigenvalue weighted by atomic mass is 10.1. The van der Waals surface area contributed by atoms with Crippen LogP contribution in [0.25, 0.3) is 0 Å². The summed E-state index contributed by atoms with van der Waals surface area (Å²) in [7, 11) is 0. The maximum Gasteiger partial charge on any atom is 0.338 e. The summed E-state index contributed by atoms with van der Waals surface area (Å²) in [6.45, 7) is 5.55. The molecule has 0 aliphatic carbocycles. The molecule has 0 aliphatic heterocycles. The highest BCUT2D eigenvalue weighted by molar-refractivity contribution is 6.42. The molecule has 1 aromatic carbocycles. The Bertz CT molecular complexity index is 503. The summed E-state index contributed by atoms with van der Waals surface area (Å²) in [5, 5.41) is 3.36. The van der Waals surface area contributed by atoms with Crippen molar-refractivity contribution < 1.29 is 14.3 Å². The third kappa shape index (κ3) is 5.02. The molecule has 110 valence electrons. The van der Waals surface area contributed by atoms with Crippen molar-refractivity contribution in [2.45, 2.75) is 26.8 Å². The van der Waals surface area contributed by atoms with E-state index in [1.54, 1.807) is 0 Å². The summed E-state index contributed by atoms with van der Waals surface area (Å²) in [6, 6.07) is 4.42. The molecule has 0 saturated heterocycles. The lowest BCUT2D eigenvalue weighted by molar-refractivity contribution is -0.125. The van der Waals surface area contributed by atoms with Gasteiger partial charge in [-0.25, -0.2) is 4.79 Å². The van der Waals surface area contributed by atoms with Gasteiger partial charge in [0, 0.05) is 6.04 Å². The van der Waals surface area contributed by atoms with Crippen molar-refractivity contribution >= 4 is 35.1 Å². The first-order valence-corrected chi connectivity index (χ1v) is 6.98. The fraction of sp³-hybridized carbons (Fsp3) is 0.429. The minimum atomic E-state index is -0.615. The normalized spacial score (nSPS) is 12.1. The summed E-state index contributed by atoms with van der Waals surface area (Å²) >= 11 is 11.6. The van der Waals surface area contributed by atoms with Gasteiger partial charge in [0.15, 0.2) is 6.61 Å². The smallest absolute Gasteiger partial charge is 0.338 e. The van der Waals surface area contributed by atoms with Crippen LogP contribution in [0.15, 0.2) is 18.2 Å². The minimum absolute atomic E-state index is 0.0196. The molecule has 0 aromatic heterocycles. The van der Waals surface area contributed by atoms with Gasteiger partial charge in [0.2, 0.25) is 0 Å². The van der Waals surface area contributed by atoms with Crippen molar-refractivity contribution in [2.24, 2.45) is 5.92 Å². The van der Waals surface area contributed by atoms with Gasteiger partial charge in [0.25, 0.3) is 5.91 Å². The molecule has 0 bridgehead atoms. The van der Waals surface area contributed by atoms with E-state index in [2.05, 4.69) is 5.32 Å². The van der Waals surface area contributed by atoms with E-state index in [1.165, 1.54) is 18.2 Å². The van der Waals surface area contributed by atoms with Crippen LogP contribution in [-0.4, -0.2) is 24.5 Å². The molecule has 1 unspecified atom stereocenters. The summed E-state index contributed by atoms with van der Waals surface area (Å²) in [6.07, 6.45) is 0. The van der Waals surface area contributed by atoms with E-state index in [0.29, 0.717) is 10.9 Å². The van der Waals surface area contributed by atoms with E-state index < -0.39 is 5.97 Å². The Morgan fingerprint density at radius 3 is 2.40 bits per heavy atom. The third-order valence-corrected chi connectivity index (χ3v) is 3.62. The van der Waals surface area contributed by atoms with Gasteiger partial charge in [-0.2, -0.15) is 0 Å². The number of carbonyl (C=O) groups excluding carboxylic acids is 2. The number of carbonyl (C=O) groups is 2. The van der Waals surface area contributed by atoms with Crippen LogP contribution in [0.2, 0.25) is 10.0 Å². The van der Waals surface area contributed by atoms with Gasteiger partial charge in [-0.15, -0.1) is 0 Å². The monoisotopic (exact) mass is 317 g/mol. The van der Waals surface area contributed by atoms with Crippen LogP contribution in [0.4, 0.5) is 0 Å². The number of nitrogens with one attached hydrogen (secondary N) is 1. The molecule has 0 heterocycles. The molecule has 1 aromatic rings. The molecule has 1 rings (SSSR count). The van der Waals surface area contributed by atoms with Crippen LogP contribution in [-0.2, 0) is 9.53 Å². The second kappa shape index (κ2) is 7.50. The van der Waals surface area contributed by atoms with Crippen molar-refractivity contribution in [1.29, 1.82) is 0 Å². The van der Waals surface area contributed by atoms with Crippen molar-refractivity contribution in [2.75, 3.05) is 6.61 Å². The predicted octanol–water partition coefficient (Wildman–Crippen LogP) is 3.31. The van der Waals surface area contributed by atoms with Crippen LogP contribution in [0.1, 0.15) is 31.1 Å². The average molecular weight is 318 g/mol. The number of esters is 1. The second-order valence-electron chi connectivity index (χ2n) is 4.81. The summed E-state index contributed by atoms with van der Waals surface area (Å²) < 4.78 is 4.91. The van der Waals surface area contributed by atoms with Gasteiger partial charge in [0.1, 0.15) is 0 Å². The van der Waals surface area contributed by atoms with E-state index in [1.807, 2.05) is 20.8 Å². The summed E-state index contributed by atoms with van der Waals surface area (Å²) in [4.78, 5) is 23.3. The Kier molecular flexibility index (Phi) is 6.30. The van der Waals surface area contributed by atoms with Crippen LogP contribution in [0.5, 0.6) is 0 Å². The molecule has 0 aliphatic rings. The largest absolute Gasteiger partial charge is 0.452 e. The van der Waals surface area contributed by atoms with E-state index in [-0.39, 0.29) is 29.1 Å².